The normalized spacial score (nSPS) is 14.6. The van der Waals surface area contributed by atoms with Crippen molar-refractivity contribution in [3.63, 3.8) is 0 Å². The van der Waals surface area contributed by atoms with Crippen molar-refractivity contribution in [3.05, 3.63) is 17.7 Å². The van der Waals surface area contributed by atoms with Gasteiger partial charge in [-0.2, -0.15) is 0 Å². The monoisotopic (exact) mass is 262 g/mol. The highest BCUT2D eigenvalue weighted by Gasteiger charge is 2.32. The molecule has 5 heteroatoms. The highest BCUT2D eigenvalue weighted by atomic mass is 16.2. The summed E-state index contributed by atoms with van der Waals surface area (Å²) in [6, 6.07) is 0.388. The summed E-state index contributed by atoms with van der Waals surface area (Å²) < 4.78 is 0. The van der Waals surface area contributed by atoms with Crippen LogP contribution in [0, 0.1) is 0 Å². The van der Waals surface area contributed by atoms with Crippen LogP contribution in [0.2, 0.25) is 0 Å². The molecule has 0 radical (unpaired) electrons. The second-order valence-electron chi connectivity index (χ2n) is 5.32. The number of amides is 1. The first-order valence-corrected chi connectivity index (χ1v) is 6.92. The van der Waals surface area contributed by atoms with Gasteiger partial charge >= 0.3 is 0 Å². The van der Waals surface area contributed by atoms with E-state index in [9.17, 15) is 4.79 Å². The van der Waals surface area contributed by atoms with Crippen LogP contribution >= 0.6 is 0 Å². The molecule has 1 amide bonds. The fourth-order valence-corrected chi connectivity index (χ4v) is 1.95. The van der Waals surface area contributed by atoms with Crippen molar-refractivity contribution >= 4 is 11.6 Å². The highest BCUT2D eigenvalue weighted by molar-refractivity contribution is 5.97. The van der Waals surface area contributed by atoms with Crippen LogP contribution in [-0.4, -0.2) is 40.4 Å². The number of hydrogen-bond donors (Lipinski definition) is 1. The topological polar surface area (TPSA) is 58.1 Å². The second-order valence-corrected chi connectivity index (χ2v) is 5.32. The smallest absolute Gasteiger partial charge is 0.274 e. The van der Waals surface area contributed by atoms with E-state index in [4.69, 9.17) is 0 Å². The molecular weight excluding hydrogens is 240 g/mol. The summed E-state index contributed by atoms with van der Waals surface area (Å²) in [6.07, 6.45) is 3.92. The van der Waals surface area contributed by atoms with E-state index < -0.39 is 0 Å². The zero-order chi connectivity index (χ0) is 14.0. The molecule has 1 aliphatic carbocycles. The summed E-state index contributed by atoms with van der Waals surface area (Å²) in [7, 11) is 1.85. The number of nitrogens with zero attached hydrogens (tertiary/aromatic N) is 3. The molecule has 1 saturated carbocycles. The van der Waals surface area contributed by atoms with Crippen LogP contribution < -0.4 is 5.32 Å². The first-order valence-electron chi connectivity index (χ1n) is 6.92. The van der Waals surface area contributed by atoms with Gasteiger partial charge in [-0.1, -0.05) is 13.8 Å². The molecule has 19 heavy (non-hydrogen) atoms. The van der Waals surface area contributed by atoms with Gasteiger partial charge in [0.25, 0.3) is 5.91 Å². The van der Waals surface area contributed by atoms with Crippen LogP contribution in [0.1, 0.15) is 55.8 Å². The number of nitrogens with one attached hydrogen (secondary N) is 1. The highest BCUT2D eigenvalue weighted by Crippen LogP contribution is 2.28. The summed E-state index contributed by atoms with van der Waals surface area (Å²) in [5.74, 6) is 0.922. The minimum absolute atomic E-state index is 0.0113. The predicted molar refractivity (Wildman–Crippen MR) is 75.4 cm³/mol. The third-order valence-electron chi connectivity index (χ3n) is 3.31. The van der Waals surface area contributed by atoms with Gasteiger partial charge < -0.3 is 10.2 Å². The van der Waals surface area contributed by atoms with Crippen LogP contribution in [0.5, 0.6) is 0 Å². The third-order valence-corrected chi connectivity index (χ3v) is 3.31. The van der Waals surface area contributed by atoms with E-state index in [1.807, 2.05) is 27.8 Å². The molecule has 0 aromatic carbocycles. The Morgan fingerprint density at radius 2 is 2.21 bits per heavy atom. The van der Waals surface area contributed by atoms with Gasteiger partial charge in [0, 0.05) is 25.6 Å². The molecular formula is C14H22N4O. The van der Waals surface area contributed by atoms with E-state index in [-0.39, 0.29) is 11.8 Å². The predicted octanol–water partition coefficient (Wildman–Crippen LogP) is 2.27. The molecule has 1 N–H and O–H groups in total. The average Bonchev–Trinajstić information content (AvgIpc) is 3.22. The van der Waals surface area contributed by atoms with Crippen molar-refractivity contribution in [3.8, 4) is 0 Å². The van der Waals surface area contributed by atoms with Crippen molar-refractivity contribution < 1.29 is 4.79 Å². The maximum Gasteiger partial charge on any atom is 0.274 e. The molecule has 5 nitrogen and oxygen atoms in total. The molecule has 2 rings (SSSR count). The minimum atomic E-state index is -0.0113. The Labute approximate surface area is 114 Å². The summed E-state index contributed by atoms with van der Waals surface area (Å²) in [5, 5.41) is 3.16. The number of carbonyl (C=O) groups excluding carboxylic acids is 1. The van der Waals surface area contributed by atoms with Gasteiger partial charge in [-0.25, -0.2) is 9.97 Å². The van der Waals surface area contributed by atoms with Crippen molar-refractivity contribution in [2.75, 3.05) is 18.9 Å². The fourth-order valence-electron chi connectivity index (χ4n) is 1.95. The molecule has 1 heterocycles. The quantitative estimate of drug-likeness (QED) is 0.884. The van der Waals surface area contributed by atoms with Crippen molar-refractivity contribution in [2.24, 2.45) is 0 Å². The maximum absolute atomic E-state index is 12.5. The molecule has 0 aliphatic heterocycles. The van der Waals surface area contributed by atoms with Crippen molar-refractivity contribution in [1.82, 2.24) is 14.9 Å². The van der Waals surface area contributed by atoms with Crippen molar-refractivity contribution in [1.29, 1.82) is 0 Å². The first kappa shape index (κ1) is 13.8. The Kier molecular flexibility index (Phi) is 4.02. The molecule has 104 valence electrons. The third kappa shape index (κ3) is 3.03. The summed E-state index contributed by atoms with van der Waals surface area (Å²) in [5.41, 5.74) is 1.22. The van der Waals surface area contributed by atoms with E-state index in [1.165, 1.54) is 0 Å². The van der Waals surface area contributed by atoms with E-state index in [1.54, 1.807) is 11.1 Å². The van der Waals surface area contributed by atoms with E-state index >= 15 is 0 Å². The van der Waals surface area contributed by atoms with Crippen molar-refractivity contribution in [2.45, 2.75) is 45.6 Å². The molecule has 1 aromatic heterocycles. The molecule has 0 saturated heterocycles. The van der Waals surface area contributed by atoms with Gasteiger partial charge in [0.05, 0.1) is 11.9 Å². The molecule has 1 aliphatic rings. The van der Waals surface area contributed by atoms with Gasteiger partial charge in [-0.15, -0.1) is 0 Å². The van der Waals surface area contributed by atoms with Gasteiger partial charge in [0.2, 0.25) is 0 Å². The second kappa shape index (κ2) is 5.55. The molecule has 0 unspecified atom stereocenters. The van der Waals surface area contributed by atoms with E-state index in [0.29, 0.717) is 17.6 Å². The van der Waals surface area contributed by atoms with Gasteiger partial charge in [0.1, 0.15) is 5.82 Å². The van der Waals surface area contributed by atoms with Gasteiger partial charge in [0.15, 0.2) is 5.69 Å². The van der Waals surface area contributed by atoms with E-state index in [2.05, 4.69) is 15.3 Å². The Balaban J connectivity index is 2.32. The summed E-state index contributed by atoms with van der Waals surface area (Å²) in [6.45, 7) is 6.80. The fraction of sp³-hybridized carbons (Fsp3) is 0.643. The molecule has 1 aromatic rings. The zero-order valence-electron chi connectivity index (χ0n) is 12.1. The largest absolute Gasteiger partial charge is 0.382 e. The molecule has 0 atom stereocenters. The zero-order valence-corrected chi connectivity index (χ0v) is 12.1. The number of rotatable bonds is 5. The Morgan fingerprint density at radius 1 is 1.53 bits per heavy atom. The van der Waals surface area contributed by atoms with Gasteiger partial charge in [-0.05, 0) is 19.8 Å². The maximum atomic E-state index is 12.5. The number of aromatic nitrogens is 2. The standard InChI is InChI=1S/C14H22N4O/c1-5-15-11-8-16-13(9(2)3)17-12(11)14(19)18(4)10-6-7-10/h8-10,15H,5-7H2,1-4H3. The lowest BCUT2D eigenvalue weighted by Gasteiger charge is -2.18. The van der Waals surface area contributed by atoms with E-state index in [0.717, 1.165) is 25.1 Å². The van der Waals surface area contributed by atoms with Crippen LogP contribution in [0.15, 0.2) is 6.20 Å². The lowest BCUT2D eigenvalue weighted by molar-refractivity contribution is 0.0779. The Hall–Kier alpha value is -1.65. The van der Waals surface area contributed by atoms with Crippen LogP contribution in [-0.2, 0) is 0 Å². The van der Waals surface area contributed by atoms with Gasteiger partial charge in [-0.3, -0.25) is 4.79 Å². The molecule has 1 fully saturated rings. The lowest BCUT2D eigenvalue weighted by Crippen LogP contribution is -2.30. The van der Waals surface area contributed by atoms with Crippen LogP contribution in [0.25, 0.3) is 0 Å². The SMILES string of the molecule is CCNc1cnc(C(C)C)nc1C(=O)N(C)C1CC1. The number of anilines is 1. The Bertz CT molecular complexity index is 469. The lowest BCUT2D eigenvalue weighted by atomic mass is 10.2. The minimum Gasteiger partial charge on any atom is -0.382 e. The Morgan fingerprint density at radius 3 is 2.74 bits per heavy atom. The van der Waals surface area contributed by atoms with Crippen LogP contribution in [0.3, 0.4) is 0 Å². The average molecular weight is 262 g/mol. The number of carbonyl (C=O) groups is 1. The number of hydrogen-bond acceptors (Lipinski definition) is 4. The van der Waals surface area contributed by atoms with Crippen LogP contribution in [0.4, 0.5) is 5.69 Å². The molecule has 0 spiro atoms. The summed E-state index contributed by atoms with van der Waals surface area (Å²) >= 11 is 0. The molecule has 0 bridgehead atoms. The first-order chi connectivity index (χ1) is 9.04. The summed E-state index contributed by atoms with van der Waals surface area (Å²) in [4.78, 5) is 23.1.